The van der Waals surface area contributed by atoms with E-state index in [4.69, 9.17) is 14.9 Å². The van der Waals surface area contributed by atoms with Crippen molar-refractivity contribution in [3.63, 3.8) is 0 Å². The normalized spacial score (nSPS) is 18.5. The molecule has 0 aliphatic carbocycles. The Morgan fingerprint density at radius 1 is 1.32 bits per heavy atom. The molecule has 0 saturated carbocycles. The van der Waals surface area contributed by atoms with Gasteiger partial charge in [0.1, 0.15) is 11.9 Å². The minimum absolute atomic E-state index is 0. The molecule has 3 N–H and O–H groups in total. The van der Waals surface area contributed by atoms with Crippen molar-refractivity contribution in [1.29, 1.82) is 0 Å². The number of ether oxygens (including phenoxy) is 1. The van der Waals surface area contributed by atoms with E-state index in [-0.39, 0.29) is 24.4 Å². The third kappa shape index (κ3) is 4.61. The molecule has 7 heteroatoms. The maximum absolute atomic E-state index is 12.8. The van der Waals surface area contributed by atoms with Gasteiger partial charge in [0.25, 0.3) is 5.91 Å². The lowest BCUT2D eigenvalue weighted by molar-refractivity contribution is -0.0195. The lowest BCUT2D eigenvalue weighted by atomic mass is 10.0. The summed E-state index contributed by atoms with van der Waals surface area (Å²) < 4.78 is 10.7. The number of hydrogen-bond acceptors (Lipinski definition) is 5. The zero-order chi connectivity index (χ0) is 16.9. The highest BCUT2D eigenvalue weighted by Crippen LogP contribution is 2.24. The minimum Gasteiger partial charge on any atom is -0.467 e. The van der Waals surface area contributed by atoms with E-state index in [1.165, 1.54) is 6.26 Å². The van der Waals surface area contributed by atoms with Crippen molar-refractivity contribution < 1.29 is 19.1 Å². The average Bonchev–Trinajstić information content (AvgIpc) is 3.16. The Kier molecular flexibility index (Phi) is 7.01. The molecule has 0 bridgehead atoms. The summed E-state index contributed by atoms with van der Waals surface area (Å²) in [5.74, 6) is 0.443. The monoisotopic (exact) mass is 366 g/mol. The van der Waals surface area contributed by atoms with Gasteiger partial charge in [-0.05, 0) is 29.8 Å². The number of hydrogen-bond donors (Lipinski definition) is 2. The first-order valence-corrected chi connectivity index (χ1v) is 8.08. The quantitative estimate of drug-likeness (QED) is 0.846. The smallest absolute Gasteiger partial charge is 0.254 e. The highest BCUT2D eigenvalue weighted by molar-refractivity contribution is 5.94. The molecule has 1 fully saturated rings. The second kappa shape index (κ2) is 9.01. The van der Waals surface area contributed by atoms with Gasteiger partial charge in [-0.25, -0.2) is 0 Å². The first-order valence-electron chi connectivity index (χ1n) is 8.08. The van der Waals surface area contributed by atoms with Crippen molar-refractivity contribution in [1.82, 2.24) is 4.90 Å². The van der Waals surface area contributed by atoms with Gasteiger partial charge in [0, 0.05) is 25.1 Å². The third-order valence-corrected chi connectivity index (χ3v) is 4.29. The molecule has 136 valence electrons. The van der Waals surface area contributed by atoms with Crippen molar-refractivity contribution in [3.05, 3.63) is 59.5 Å². The van der Waals surface area contributed by atoms with Crippen molar-refractivity contribution in [2.24, 2.45) is 5.73 Å². The van der Waals surface area contributed by atoms with Crippen LogP contribution in [0.25, 0.3) is 0 Å². The summed E-state index contributed by atoms with van der Waals surface area (Å²) in [5, 5.41) is 10.3. The number of rotatable bonds is 5. The molecule has 1 saturated heterocycles. The number of morpholine rings is 1. The largest absolute Gasteiger partial charge is 0.467 e. The van der Waals surface area contributed by atoms with Crippen molar-refractivity contribution >= 4 is 18.3 Å². The van der Waals surface area contributed by atoms with E-state index in [0.717, 1.165) is 5.56 Å². The second-order valence-corrected chi connectivity index (χ2v) is 5.90. The molecule has 25 heavy (non-hydrogen) atoms. The Morgan fingerprint density at radius 3 is 2.72 bits per heavy atom. The van der Waals surface area contributed by atoms with E-state index >= 15 is 0 Å². The molecule has 1 aromatic carbocycles. The number of aliphatic hydroxyl groups is 1. The molecule has 1 aliphatic rings. The lowest BCUT2D eigenvalue weighted by Gasteiger charge is -2.36. The van der Waals surface area contributed by atoms with Crippen LogP contribution < -0.4 is 5.73 Å². The van der Waals surface area contributed by atoms with Gasteiger partial charge in [-0.3, -0.25) is 4.79 Å². The molecule has 2 heterocycles. The first-order chi connectivity index (χ1) is 11.7. The van der Waals surface area contributed by atoms with Gasteiger partial charge in [0.15, 0.2) is 0 Å². The summed E-state index contributed by atoms with van der Waals surface area (Å²) in [4.78, 5) is 14.6. The van der Waals surface area contributed by atoms with E-state index < -0.39 is 6.10 Å². The van der Waals surface area contributed by atoms with Crippen molar-refractivity contribution in [2.45, 2.75) is 25.1 Å². The maximum Gasteiger partial charge on any atom is 0.254 e. The predicted octanol–water partition coefficient (Wildman–Crippen LogP) is 2.12. The van der Waals surface area contributed by atoms with Gasteiger partial charge in [0.05, 0.1) is 25.5 Å². The van der Waals surface area contributed by atoms with Gasteiger partial charge in [-0.15, -0.1) is 12.4 Å². The summed E-state index contributed by atoms with van der Waals surface area (Å²) in [6, 6.07) is 10.6. The van der Waals surface area contributed by atoms with Crippen LogP contribution in [0.1, 0.15) is 34.2 Å². The van der Waals surface area contributed by atoms with Crippen molar-refractivity contribution in [3.8, 4) is 0 Å². The zero-order valence-corrected chi connectivity index (χ0v) is 14.7. The third-order valence-electron chi connectivity index (χ3n) is 4.29. The highest BCUT2D eigenvalue weighted by Gasteiger charge is 2.30. The van der Waals surface area contributed by atoms with Gasteiger partial charge in [-0.2, -0.15) is 0 Å². The van der Waals surface area contributed by atoms with Crippen LogP contribution in [0.4, 0.5) is 0 Å². The van der Waals surface area contributed by atoms with Crippen LogP contribution in [-0.4, -0.2) is 41.7 Å². The molecular weight excluding hydrogens is 344 g/mol. The molecule has 3 rings (SSSR count). The summed E-state index contributed by atoms with van der Waals surface area (Å²) in [5.41, 5.74) is 7.20. The molecule has 1 aliphatic heterocycles. The molecule has 0 radical (unpaired) electrons. The second-order valence-electron chi connectivity index (χ2n) is 5.90. The summed E-state index contributed by atoms with van der Waals surface area (Å²) in [6.07, 6.45) is 1.14. The number of benzene rings is 1. The fraction of sp³-hybridized carbons (Fsp3) is 0.389. The zero-order valence-electron chi connectivity index (χ0n) is 13.8. The number of nitrogens with two attached hydrogens (primary N) is 1. The van der Waals surface area contributed by atoms with Gasteiger partial charge in [0.2, 0.25) is 0 Å². The molecular formula is C18H23ClN2O4. The van der Waals surface area contributed by atoms with Crippen LogP contribution in [-0.2, 0) is 11.3 Å². The van der Waals surface area contributed by atoms with Crippen LogP contribution in [0.2, 0.25) is 0 Å². The van der Waals surface area contributed by atoms with Gasteiger partial charge < -0.3 is 24.9 Å². The molecule has 0 spiro atoms. The van der Waals surface area contributed by atoms with Gasteiger partial charge in [-0.1, -0.05) is 12.1 Å². The van der Waals surface area contributed by atoms with E-state index in [2.05, 4.69) is 0 Å². The number of aliphatic hydroxyl groups excluding tert-OH is 1. The van der Waals surface area contributed by atoms with Crippen LogP contribution in [0.3, 0.4) is 0 Å². The number of halogens is 1. The Morgan fingerprint density at radius 2 is 2.08 bits per heavy atom. The van der Waals surface area contributed by atoms with E-state index in [0.29, 0.717) is 44.0 Å². The predicted molar refractivity (Wildman–Crippen MR) is 95.5 cm³/mol. The lowest BCUT2D eigenvalue weighted by Crippen LogP contribution is -2.49. The SMILES string of the molecule is Cl.NCc1ccc(C(=O)N2CCOCC2CC(O)c2ccco2)cc1. The minimum atomic E-state index is -0.762. The summed E-state index contributed by atoms with van der Waals surface area (Å²) in [7, 11) is 0. The Bertz CT molecular complexity index is 660. The average molecular weight is 367 g/mol. The summed E-state index contributed by atoms with van der Waals surface area (Å²) >= 11 is 0. The topological polar surface area (TPSA) is 88.9 Å². The van der Waals surface area contributed by atoms with Crippen molar-refractivity contribution in [2.75, 3.05) is 19.8 Å². The Labute approximate surface area is 153 Å². The van der Waals surface area contributed by atoms with Crippen LogP contribution in [0, 0.1) is 0 Å². The van der Waals surface area contributed by atoms with E-state index in [1.807, 2.05) is 12.1 Å². The fourth-order valence-electron chi connectivity index (χ4n) is 2.92. The molecule has 1 aromatic heterocycles. The molecule has 1 amide bonds. The highest BCUT2D eigenvalue weighted by atomic mass is 35.5. The number of amides is 1. The fourth-order valence-corrected chi connectivity index (χ4v) is 2.92. The first kappa shape index (κ1) is 19.5. The molecule has 2 atom stereocenters. The maximum atomic E-state index is 12.8. The van der Waals surface area contributed by atoms with Crippen LogP contribution >= 0.6 is 12.4 Å². The number of nitrogens with zero attached hydrogens (tertiary/aromatic N) is 1. The van der Waals surface area contributed by atoms with Crippen LogP contribution in [0.5, 0.6) is 0 Å². The molecule has 6 nitrogen and oxygen atoms in total. The van der Waals surface area contributed by atoms with Gasteiger partial charge >= 0.3 is 0 Å². The number of carbonyl (C=O) groups is 1. The Hall–Kier alpha value is -1.86. The summed E-state index contributed by atoms with van der Waals surface area (Å²) in [6.45, 7) is 1.86. The number of furan rings is 1. The van der Waals surface area contributed by atoms with E-state index in [9.17, 15) is 9.90 Å². The standard InChI is InChI=1S/C18H22N2O4.ClH/c19-11-13-3-5-14(6-4-13)18(22)20-7-9-23-12-15(20)10-16(21)17-2-1-8-24-17;/h1-6,8,15-16,21H,7,9-12,19H2;1H. The molecule has 2 unspecified atom stereocenters. The Balaban J connectivity index is 0.00000225. The van der Waals surface area contributed by atoms with Crippen LogP contribution in [0.15, 0.2) is 47.1 Å². The number of carbonyl (C=O) groups excluding carboxylic acids is 1. The molecule has 2 aromatic rings. The van der Waals surface area contributed by atoms with E-state index in [1.54, 1.807) is 29.2 Å².